The minimum Gasteiger partial charge on any atom is -0.480 e. The molecule has 3 nitrogen and oxygen atoms in total. The fourth-order valence-corrected chi connectivity index (χ4v) is 3.26. The normalized spacial score (nSPS) is 22.2. The summed E-state index contributed by atoms with van der Waals surface area (Å²) in [4.78, 5) is 13.9. The van der Waals surface area contributed by atoms with Crippen molar-refractivity contribution in [2.45, 2.75) is 50.5 Å². The topological polar surface area (TPSA) is 40.5 Å². The first-order valence-electron chi connectivity index (χ1n) is 7.82. The maximum atomic E-state index is 11.8. The van der Waals surface area contributed by atoms with Gasteiger partial charge in [-0.05, 0) is 55.8 Å². The Hall–Kier alpha value is -1.35. The molecule has 2 fully saturated rings. The third-order valence-corrected chi connectivity index (χ3v) is 4.51. The Balaban J connectivity index is 1.85. The highest BCUT2D eigenvalue weighted by atomic mass is 16.4. The van der Waals surface area contributed by atoms with Crippen LogP contribution in [0.25, 0.3) is 0 Å². The summed E-state index contributed by atoms with van der Waals surface area (Å²) >= 11 is 0. The lowest BCUT2D eigenvalue weighted by molar-refractivity contribution is -0.143. The van der Waals surface area contributed by atoms with Crippen molar-refractivity contribution in [3.63, 3.8) is 0 Å². The largest absolute Gasteiger partial charge is 0.480 e. The predicted molar refractivity (Wildman–Crippen MR) is 78.8 cm³/mol. The number of carboxylic acids is 1. The summed E-state index contributed by atoms with van der Waals surface area (Å²) in [5.41, 5.74) is 2.28. The summed E-state index contributed by atoms with van der Waals surface area (Å²) in [5.74, 6) is -0.0339. The Bertz CT molecular complexity index is 474. The average Bonchev–Trinajstić information content (AvgIpc) is 3.27. The van der Waals surface area contributed by atoms with E-state index in [0.29, 0.717) is 5.92 Å². The molecular formula is C17H23NO2. The molecule has 20 heavy (non-hydrogen) atoms. The summed E-state index contributed by atoms with van der Waals surface area (Å²) in [6, 6.07) is 7.81. The van der Waals surface area contributed by atoms with E-state index in [9.17, 15) is 9.90 Å². The highest BCUT2D eigenvalue weighted by molar-refractivity contribution is 5.75. The van der Waals surface area contributed by atoms with E-state index >= 15 is 0 Å². The molecule has 1 aromatic carbocycles. The van der Waals surface area contributed by atoms with Crippen LogP contribution in [0.1, 0.15) is 61.6 Å². The van der Waals surface area contributed by atoms with Crippen LogP contribution in [0.2, 0.25) is 0 Å². The van der Waals surface area contributed by atoms with Gasteiger partial charge in [0.25, 0.3) is 0 Å². The third kappa shape index (κ3) is 3.04. The molecule has 1 saturated heterocycles. The smallest absolute Gasteiger partial charge is 0.325 e. The minimum absolute atomic E-state index is 0.466. The molecule has 1 aliphatic carbocycles. The Morgan fingerprint density at radius 2 is 1.85 bits per heavy atom. The second-order valence-electron chi connectivity index (χ2n) is 6.14. The van der Waals surface area contributed by atoms with Gasteiger partial charge in [0.15, 0.2) is 0 Å². The van der Waals surface area contributed by atoms with E-state index in [2.05, 4.69) is 17.0 Å². The number of benzene rings is 1. The van der Waals surface area contributed by atoms with Crippen LogP contribution in [0.4, 0.5) is 0 Å². The molecule has 2 aliphatic rings. The van der Waals surface area contributed by atoms with Gasteiger partial charge in [-0.3, -0.25) is 9.69 Å². The summed E-state index contributed by atoms with van der Waals surface area (Å²) in [6.45, 7) is 1.81. The molecule has 0 bridgehead atoms. The van der Waals surface area contributed by atoms with E-state index in [0.717, 1.165) is 31.5 Å². The SMILES string of the molecule is O=C(O)C(c1cccc(C2CC2)c1)N1CCCCCC1. The molecule has 0 aromatic heterocycles. The molecule has 1 heterocycles. The zero-order chi connectivity index (χ0) is 13.9. The lowest BCUT2D eigenvalue weighted by Gasteiger charge is -2.28. The first-order valence-corrected chi connectivity index (χ1v) is 7.82. The van der Waals surface area contributed by atoms with Gasteiger partial charge in [0.2, 0.25) is 0 Å². The van der Waals surface area contributed by atoms with Crippen molar-refractivity contribution >= 4 is 5.97 Å². The number of nitrogens with zero attached hydrogens (tertiary/aromatic N) is 1. The molecule has 3 rings (SSSR count). The predicted octanol–water partition coefficient (Wildman–Crippen LogP) is 3.57. The summed E-state index contributed by atoms with van der Waals surface area (Å²) in [7, 11) is 0. The van der Waals surface area contributed by atoms with Crippen molar-refractivity contribution in [2.24, 2.45) is 0 Å². The lowest BCUT2D eigenvalue weighted by Crippen LogP contribution is -2.34. The van der Waals surface area contributed by atoms with Gasteiger partial charge in [-0.2, -0.15) is 0 Å². The lowest BCUT2D eigenvalue weighted by atomic mass is 10.0. The van der Waals surface area contributed by atoms with Crippen LogP contribution >= 0.6 is 0 Å². The van der Waals surface area contributed by atoms with Crippen molar-refractivity contribution in [3.8, 4) is 0 Å². The van der Waals surface area contributed by atoms with E-state index in [4.69, 9.17) is 0 Å². The van der Waals surface area contributed by atoms with E-state index in [1.165, 1.54) is 31.2 Å². The zero-order valence-corrected chi connectivity index (χ0v) is 11.9. The molecule has 1 unspecified atom stereocenters. The molecule has 1 saturated carbocycles. The van der Waals surface area contributed by atoms with Gasteiger partial charge >= 0.3 is 5.97 Å². The zero-order valence-electron chi connectivity index (χ0n) is 11.9. The Morgan fingerprint density at radius 3 is 2.45 bits per heavy atom. The van der Waals surface area contributed by atoms with Crippen LogP contribution in [0.3, 0.4) is 0 Å². The average molecular weight is 273 g/mol. The van der Waals surface area contributed by atoms with Crippen LogP contribution in [-0.4, -0.2) is 29.1 Å². The standard InChI is InChI=1S/C17H23NO2/c19-17(20)16(18-10-3-1-2-4-11-18)15-7-5-6-14(12-15)13-8-9-13/h5-7,12-13,16H,1-4,8-11H2,(H,19,20). The fraction of sp³-hybridized carbons (Fsp3) is 0.588. The molecule has 0 radical (unpaired) electrons. The molecule has 108 valence electrons. The number of carbonyl (C=O) groups is 1. The van der Waals surface area contributed by atoms with E-state index in [-0.39, 0.29) is 0 Å². The maximum Gasteiger partial charge on any atom is 0.325 e. The van der Waals surface area contributed by atoms with E-state index < -0.39 is 12.0 Å². The highest BCUT2D eigenvalue weighted by Gasteiger charge is 2.29. The van der Waals surface area contributed by atoms with Gasteiger partial charge in [0.05, 0.1) is 0 Å². The van der Waals surface area contributed by atoms with Crippen molar-refractivity contribution in [3.05, 3.63) is 35.4 Å². The van der Waals surface area contributed by atoms with Gasteiger partial charge in [-0.25, -0.2) is 0 Å². The maximum absolute atomic E-state index is 11.8. The van der Waals surface area contributed by atoms with Crippen LogP contribution in [0, 0.1) is 0 Å². The van der Waals surface area contributed by atoms with Crippen molar-refractivity contribution in [1.29, 1.82) is 0 Å². The van der Waals surface area contributed by atoms with Crippen LogP contribution in [0.5, 0.6) is 0 Å². The summed E-state index contributed by atoms with van der Waals surface area (Å²) in [5, 5.41) is 9.67. The van der Waals surface area contributed by atoms with Crippen molar-refractivity contribution in [2.75, 3.05) is 13.1 Å². The van der Waals surface area contributed by atoms with Gasteiger partial charge in [-0.1, -0.05) is 37.1 Å². The Kier molecular flexibility index (Phi) is 4.06. The van der Waals surface area contributed by atoms with Crippen LogP contribution < -0.4 is 0 Å². The number of rotatable bonds is 4. The molecule has 0 amide bonds. The van der Waals surface area contributed by atoms with E-state index in [1.807, 2.05) is 12.1 Å². The van der Waals surface area contributed by atoms with Crippen molar-refractivity contribution in [1.82, 2.24) is 4.90 Å². The summed E-state index contributed by atoms with van der Waals surface area (Å²) < 4.78 is 0. The van der Waals surface area contributed by atoms with Crippen LogP contribution in [0.15, 0.2) is 24.3 Å². The molecule has 1 N–H and O–H groups in total. The third-order valence-electron chi connectivity index (χ3n) is 4.51. The molecule has 0 spiro atoms. The quantitative estimate of drug-likeness (QED) is 0.911. The number of carboxylic acid groups (broad SMARTS) is 1. The first-order chi connectivity index (χ1) is 9.75. The van der Waals surface area contributed by atoms with Gasteiger partial charge in [-0.15, -0.1) is 0 Å². The second-order valence-corrected chi connectivity index (χ2v) is 6.14. The molecule has 1 atom stereocenters. The Labute approximate surface area is 120 Å². The van der Waals surface area contributed by atoms with Gasteiger partial charge in [0.1, 0.15) is 6.04 Å². The Morgan fingerprint density at radius 1 is 1.15 bits per heavy atom. The number of aliphatic carboxylic acids is 1. The number of likely N-dealkylation sites (tertiary alicyclic amines) is 1. The molecule has 1 aliphatic heterocycles. The number of hydrogen-bond acceptors (Lipinski definition) is 2. The minimum atomic E-state index is -0.708. The van der Waals surface area contributed by atoms with Gasteiger partial charge < -0.3 is 5.11 Å². The van der Waals surface area contributed by atoms with Crippen LogP contribution in [-0.2, 0) is 4.79 Å². The number of hydrogen-bond donors (Lipinski definition) is 1. The molecular weight excluding hydrogens is 250 g/mol. The fourth-order valence-electron chi connectivity index (χ4n) is 3.26. The molecule has 1 aromatic rings. The van der Waals surface area contributed by atoms with E-state index in [1.54, 1.807) is 0 Å². The van der Waals surface area contributed by atoms with Gasteiger partial charge in [0, 0.05) is 0 Å². The van der Waals surface area contributed by atoms with Crippen molar-refractivity contribution < 1.29 is 9.90 Å². The monoisotopic (exact) mass is 273 g/mol. The summed E-state index contributed by atoms with van der Waals surface area (Å²) in [6.07, 6.45) is 7.20. The highest BCUT2D eigenvalue weighted by Crippen LogP contribution is 2.41. The second kappa shape index (κ2) is 5.96. The molecule has 3 heteroatoms. The first kappa shape index (κ1) is 13.6.